The first-order chi connectivity index (χ1) is 13.8. The van der Waals surface area contributed by atoms with E-state index in [0.29, 0.717) is 16.9 Å². The molecular formula is C20H18N2O7. The van der Waals surface area contributed by atoms with Crippen LogP contribution in [0.5, 0.6) is 0 Å². The molecular weight excluding hydrogens is 380 g/mol. The largest absolute Gasteiger partial charge is 0.360 e. The zero-order valence-corrected chi connectivity index (χ0v) is 15.7. The van der Waals surface area contributed by atoms with Gasteiger partial charge in [-0.3, -0.25) is 14.2 Å². The average molecular weight is 398 g/mol. The Morgan fingerprint density at radius 3 is 2.48 bits per heavy atom. The zero-order chi connectivity index (χ0) is 20.1. The summed E-state index contributed by atoms with van der Waals surface area (Å²) in [5.41, 5.74) is -1.75. The summed E-state index contributed by atoms with van der Waals surface area (Å²) in [6.07, 6.45) is -2.28. The molecule has 9 nitrogen and oxygen atoms in total. The van der Waals surface area contributed by atoms with Gasteiger partial charge in [0.1, 0.15) is 18.3 Å². The van der Waals surface area contributed by atoms with Gasteiger partial charge >= 0.3 is 5.69 Å². The van der Waals surface area contributed by atoms with Crippen molar-refractivity contribution in [2.24, 2.45) is 0 Å². The van der Waals surface area contributed by atoms with Gasteiger partial charge in [0, 0.05) is 11.6 Å². The summed E-state index contributed by atoms with van der Waals surface area (Å²) in [5, 5.41) is 0. The van der Waals surface area contributed by atoms with Crippen molar-refractivity contribution < 1.29 is 23.7 Å². The molecule has 0 radical (unpaired) electrons. The molecule has 1 aromatic carbocycles. The second-order valence-corrected chi connectivity index (χ2v) is 8.22. The third-order valence-electron chi connectivity index (χ3n) is 5.99. The first-order valence-corrected chi connectivity index (χ1v) is 9.46. The molecule has 0 amide bonds. The lowest BCUT2D eigenvalue weighted by Crippen LogP contribution is -2.52. The molecule has 5 atom stereocenters. The fourth-order valence-electron chi connectivity index (χ4n) is 4.72. The molecule has 3 fully saturated rings. The molecule has 0 N–H and O–H groups in total. The number of rotatable bonds is 1. The van der Waals surface area contributed by atoms with Crippen LogP contribution in [0.2, 0.25) is 0 Å². The predicted molar refractivity (Wildman–Crippen MR) is 96.5 cm³/mol. The number of nitrogens with zero attached hydrogens (tertiary/aromatic N) is 2. The maximum Gasteiger partial charge on any atom is 0.340 e. The third-order valence-corrected chi connectivity index (χ3v) is 5.99. The molecule has 6 rings (SSSR count). The highest BCUT2D eigenvalue weighted by molar-refractivity contribution is 5.95. The van der Waals surface area contributed by atoms with E-state index in [1.54, 1.807) is 44.2 Å². The number of benzene rings is 1. The van der Waals surface area contributed by atoms with Crippen molar-refractivity contribution in [3.8, 4) is 0 Å². The molecule has 9 heteroatoms. The van der Waals surface area contributed by atoms with Crippen molar-refractivity contribution in [1.29, 1.82) is 0 Å². The Morgan fingerprint density at radius 2 is 1.79 bits per heavy atom. The summed E-state index contributed by atoms with van der Waals surface area (Å²) in [6, 6.07) is 9.49. The number of hydrogen-bond donors (Lipinski definition) is 0. The number of hydrogen-bond acceptors (Lipinski definition) is 7. The van der Waals surface area contributed by atoms with Crippen molar-refractivity contribution in [3.63, 3.8) is 0 Å². The Hall–Kier alpha value is -2.59. The molecule has 1 spiro atoms. The SMILES string of the molecule is CC1(C)O[C@@H]2[C@H](O1)[C@@H]1O[C@H]2n2c(cc(=O)n(C(=O)c3ccccc3)c2=O)[C@@]12CO2. The molecule has 150 valence electrons. The molecule has 3 saturated heterocycles. The lowest BCUT2D eigenvalue weighted by Gasteiger charge is -2.34. The normalized spacial score (nSPS) is 35.4. The molecule has 0 saturated carbocycles. The molecule has 4 aliphatic heterocycles. The Morgan fingerprint density at radius 1 is 1.10 bits per heavy atom. The van der Waals surface area contributed by atoms with E-state index >= 15 is 0 Å². The van der Waals surface area contributed by atoms with Gasteiger partial charge in [0.2, 0.25) is 0 Å². The number of aromatic nitrogens is 2. The Bertz CT molecular complexity index is 1160. The standard InChI is InChI=1S/C20H18N2O7/c1-19(2)28-13-14(29-19)17-21-11(20(9-26-20)15(13)27-17)8-12(23)22(18(21)25)16(24)10-6-4-3-5-7-10/h3-8,13-15,17H,9H2,1-2H3/t13-,14+,15-,17+,20-/m0/s1. The monoisotopic (exact) mass is 398 g/mol. The number of carbonyl (C=O) groups is 1. The van der Waals surface area contributed by atoms with E-state index < -0.39 is 53.1 Å². The Labute approximate surface area is 164 Å². The predicted octanol–water partition coefficient (Wildman–Crippen LogP) is 0.355. The lowest BCUT2D eigenvalue weighted by molar-refractivity contribution is -0.213. The smallest absolute Gasteiger partial charge is 0.340 e. The Kier molecular flexibility index (Phi) is 3.16. The van der Waals surface area contributed by atoms with Crippen molar-refractivity contribution in [3.05, 3.63) is 68.5 Å². The van der Waals surface area contributed by atoms with Crippen molar-refractivity contribution in [1.82, 2.24) is 9.13 Å². The van der Waals surface area contributed by atoms with Crippen LogP contribution >= 0.6 is 0 Å². The van der Waals surface area contributed by atoms with Gasteiger partial charge in [-0.1, -0.05) is 18.2 Å². The summed E-state index contributed by atoms with van der Waals surface area (Å²) in [7, 11) is 0. The molecule has 0 unspecified atom stereocenters. The molecule has 4 aliphatic rings. The first-order valence-electron chi connectivity index (χ1n) is 9.46. The average Bonchev–Trinajstić information content (AvgIpc) is 3.32. The van der Waals surface area contributed by atoms with Gasteiger partial charge in [-0.15, -0.1) is 0 Å². The van der Waals surface area contributed by atoms with Crippen LogP contribution < -0.4 is 11.2 Å². The quantitative estimate of drug-likeness (QED) is 0.639. The van der Waals surface area contributed by atoms with Gasteiger partial charge in [0.15, 0.2) is 17.6 Å². The third kappa shape index (κ3) is 2.15. The van der Waals surface area contributed by atoms with Crippen LogP contribution in [0, 0.1) is 0 Å². The van der Waals surface area contributed by atoms with Crippen LogP contribution in [0.1, 0.15) is 36.1 Å². The number of carbonyl (C=O) groups excluding carboxylic acids is 1. The zero-order valence-electron chi connectivity index (χ0n) is 15.7. The number of fused-ring (bicyclic) bond motifs is 4. The van der Waals surface area contributed by atoms with Crippen molar-refractivity contribution in [2.45, 2.75) is 49.8 Å². The molecule has 1 aromatic heterocycles. The maximum absolute atomic E-state index is 13.4. The minimum Gasteiger partial charge on any atom is -0.360 e. The van der Waals surface area contributed by atoms with E-state index in [1.807, 2.05) is 0 Å². The maximum atomic E-state index is 13.4. The van der Waals surface area contributed by atoms with E-state index in [2.05, 4.69) is 0 Å². The van der Waals surface area contributed by atoms with Crippen LogP contribution in [0.15, 0.2) is 46.0 Å². The van der Waals surface area contributed by atoms with E-state index in [1.165, 1.54) is 10.6 Å². The van der Waals surface area contributed by atoms with E-state index in [0.717, 1.165) is 0 Å². The van der Waals surface area contributed by atoms with Crippen LogP contribution in [-0.2, 0) is 24.5 Å². The molecule has 2 bridgehead atoms. The second kappa shape index (κ2) is 5.31. The van der Waals surface area contributed by atoms with Crippen LogP contribution in [0.3, 0.4) is 0 Å². The molecule has 29 heavy (non-hydrogen) atoms. The second-order valence-electron chi connectivity index (χ2n) is 8.22. The van der Waals surface area contributed by atoms with Gasteiger partial charge in [0.25, 0.3) is 11.5 Å². The summed E-state index contributed by atoms with van der Waals surface area (Å²) in [4.78, 5) is 39.1. The van der Waals surface area contributed by atoms with Gasteiger partial charge in [-0.2, -0.15) is 4.57 Å². The number of epoxide rings is 1. The van der Waals surface area contributed by atoms with E-state index in [-0.39, 0.29) is 5.56 Å². The van der Waals surface area contributed by atoms with Gasteiger partial charge in [0.05, 0.1) is 12.3 Å². The highest BCUT2D eigenvalue weighted by Crippen LogP contribution is 2.57. The Balaban J connectivity index is 1.55. The fraction of sp³-hybridized carbons (Fsp3) is 0.450. The molecule has 5 heterocycles. The summed E-state index contributed by atoms with van der Waals surface area (Å²) in [5.74, 6) is -1.52. The summed E-state index contributed by atoms with van der Waals surface area (Å²) in [6.45, 7) is 3.89. The van der Waals surface area contributed by atoms with Crippen LogP contribution in [-0.4, -0.2) is 45.7 Å². The van der Waals surface area contributed by atoms with Crippen molar-refractivity contribution in [2.75, 3.05) is 6.61 Å². The van der Waals surface area contributed by atoms with E-state index in [9.17, 15) is 14.4 Å². The topological polar surface area (TPSA) is 101 Å². The van der Waals surface area contributed by atoms with Crippen molar-refractivity contribution >= 4 is 5.91 Å². The van der Waals surface area contributed by atoms with Gasteiger partial charge in [-0.25, -0.2) is 4.79 Å². The summed E-state index contributed by atoms with van der Waals surface area (Å²) >= 11 is 0. The van der Waals surface area contributed by atoms with Crippen LogP contribution in [0.25, 0.3) is 0 Å². The van der Waals surface area contributed by atoms with Gasteiger partial charge in [-0.05, 0) is 26.0 Å². The molecule has 0 aliphatic carbocycles. The fourth-order valence-corrected chi connectivity index (χ4v) is 4.72. The van der Waals surface area contributed by atoms with Gasteiger partial charge < -0.3 is 18.9 Å². The molecule has 2 aromatic rings. The highest BCUT2D eigenvalue weighted by atomic mass is 16.8. The lowest BCUT2D eigenvalue weighted by atomic mass is 9.95. The minimum atomic E-state index is -0.938. The first kappa shape index (κ1) is 17.3. The number of ether oxygens (including phenoxy) is 4. The highest BCUT2D eigenvalue weighted by Gasteiger charge is 2.71. The van der Waals surface area contributed by atoms with E-state index in [4.69, 9.17) is 18.9 Å². The summed E-state index contributed by atoms with van der Waals surface area (Å²) < 4.78 is 25.8. The van der Waals surface area contributed by atoms with Crippen LogP contribution in [0.4, 0.5) is 0 Å². The minimum absolute atomic E-state index is 0.241.